The van der Waals surface area contributed by atoms with Gasteiger partial charge in [0.15, 0.2) is 5.60 Å². The number of amides is 3. The molecule has 9 nitrogen and oxygen atoms in total. The van der Waals surface area contributed by atoms with Crippen LogP contribution in [-0.4, -0.2) is 33.6 Å². The zero-order valence-corrected chi connectivity index (χ0v) is 17.0. The summed E-state index contributed by atoms with van der Waals surface area (Å²) in [6, 6.07) is 9.16. The van der Waals surface area contributed by atoms with Crippen molar-refractivity contribution in [3.63, 3.8) is 0 Å². The molecule has 2 aromatic rings. The van der Waals surface area contributed by atoms with Crippen molar-refractivity contribution in [1.82, 2.24) is 5.43 Å². The number of nitrogens with zero attached hydrogens (tertiary/aromatic N) is 1. The second kappa shape index (κ2) is 7.94. The zero-order valence-electron chi connectivity index (χ0n) is 15.4. The maximum Gasteiger partial charge on any atom is 0.329 e. The van der Waals surface area contributed by atoms with Gasteiger partial charge in [-0.05, 0) is 18.2 Å². The molecule has 0 saturated carbocycles. The second-order valence-electron chi connectivity index (χ2n) is 6.54. The van der Waals surface area contributed by atoms with Crippen molar-refractivity contribution >= 4 is 52.3 Å². The number of phenols is 1. The lowest BCUT2D eigenvalue weighted by Crippen LogP contribution is -2.45. The van der Waals surface area contributed by atoms with E-state index >= 15 is 0 Å². The highest BCUT2D eigenvalue weighted by molar-refractivity contribution is 6.38. The number of para-hydroxylation sites is 1. The van der Waals surface area contributed by atoms with Crippen LogP contribution >= 0.6 is 23.2 Å². The van der Waals surface area contributed by atoms with Gasteiger partial charge in [-0.2, -0.15) is 5.10 Å². The fourth-order valence-corrected chi connectivity index (χ4v) is 3.62. The number of hydrazone groups is 1. The van der Waals surface area contributed by atoms with E-state index in [0.29, 0.717) is 5.69 Å². The predicted molar refractivity (Wildman–Crippen MR) is 110 cm³/mol. The quantitative estimate of drug-likeness (QED) is 0.271. The van der Waals surface area contributed by atoms with Crippen LogP contribution in [-0.2, 0) is 20.0 Å². The molecule has 0 radical (unpaired) electrons. The minimum Gasteiger partial charge on any atom is -0.506 e. The first-order valence-electron chi connectivity index (χ1n) is 8.57. The Bertz CT molecular complexity index is 1100. The molecule has 0 fully saturated rings. The number of phenolic OH excluding ortho intramolecular Hbond substituents is 1. The highest BCUT2D eigenvalue weighted by Crippen LogP contribution is 2.44. The van der Waals surface area contributed by atoms with Crippen LogP contribution in [0.2, 0.25) is 10.0 Å². The molecule has 0 aliphatic carbocycles. The number of aliphatic hydroxyl groups is 1. The third-order valence-corrected chi connectivity index (χ3v) is 5.42. The lowest BCUT2D eigenvalue weighted by Gasteiger charge is -2.30. The number of carbonyl (C=O) groups excluding carboxylic acids is 3. The van der Waals surface area contributed by atoms with Crippen LogP contribution < -0.4 is 16.5 Å². The maximum absolute atomic E-state index is 12.7. The SMILES string of the molecule is C[C@H](/C(=N/NC(=O)C(N)=O)c1c(Cl)ccc(Cl)c1O)[C@@]1(O)C(=O)Nc2ccccc21. The van der Waals surface area contributed by atoms with Gasteiger partial charge in [0.05, 0.1) is 21.3 Å². The summed E-state index contributed by atoms with van der Waals surface area (Å²) in [7, 11) is 0. The van der Waals surface area contributed by atoms with E-state index in [1.807, 2.05) is 5.43 Å². The molecular formula is C19H16Cl2N4O5. The van der Waals surface area contributed by atoms with E-state index in [-0.39, 0.29) is 26.9 Å². The van der Waals surface area contributed by atoms with E-state index in [1.54, 1.807) is 24.3 Å². The Labute approximate surface area is 180 Å². The number of primary amides is 1. The molecule has 0 bridgehead atoms. The molecule has 0 saturated heterocycles. The van der Waals surface area contributed by atoms with Crippen molar-refractivity contribution in [1.29, 1.82) is 0 Å². The third-order valence-electron chi connectivity index (χ3n) is 4.80. The monoisotopic (exact) mass is 450 g/mol. The van der Waals surface area contributed by atoms with Gasteiger partial charge in [-0.1, -0.05) is 48.3 Å². The summed E-state index contributed by atoms with van der Waals surface area (Å²) < 4.78 is 0. The van der Waals surface area contributed by atoms with Crippen LogP contribution in [0.1, 0.15) is 18.1 Å². The van der Waals surface area contributed by atoms with E-state index in [0.717, 1.165) is 0 Å². The molecule has 0 unspecified atom stereocenters. The molecule has 0 spiro atoms. The van der Waals surface area contributed by atoms with Crippen molar-refractivity contribution in [2.24, 2.45) is 16.8 Å². The normalized spacial score (nSPS) is 19.1. The number of carbonyl (C=O) groups is 3. The van der Waals surface area contributed by atoms with Crippen molar-refractivity contribution in [3.8, 4) is 5.75 Å². The second-order valence-corrected chi connectivity index (χ2v) is 7.36. The minimum atomic E-state index is -2.13. The van der Waals surface area contributed by atoms with Gasteiger partial charge < -0.3 is 21.3 Å². The molecule has 1 aliphatic rings. The van der Waals surface area contributed by atoms with Gasteiger partial charge in [-0.25, -0.2) is 5.43 Å². The van der Waals surface area contributed by atoms with Gasteiger partial charge in [-0.15, -0.1) is 0 Å². The van der Waals surface area contributed by atoms with Gasteiger partial charge in [-0.3, -0.25) is 14.4 Å². The molecule has 1 heterocycles. The van der Waals surface area contributed by atoms with Gasteiger partial charge in [0, 0.05) is 17.2 Å². The molecule has 1 aliphatic heterocycles. The van der Waals surface area contributed by atoms with Crippen molar-refractivity contribution in [2.75, 3.05) is 5.32 Å². The van der Waals surface area contributed by atoms with E-state index in [1.165, 1.54) is 19.1 Å². The Morgan fingerprint density at radius 2 is 1.83 bits per heavy atom. The van der Waals surface area contributed by atoms with Crippen molar-refractivity contribution in [2.45, 2.75) is 12.5 Å². The number of aromatic hydroxyl groups is 1. The first-order chi connectivity index (χ1) is 14.1. The lowest BCUT2D eigenvalue weighted by molar-refractivity contribution is -0.137. The summed E-state index contributed by atoms with van der Waals surface area (Å²) >= 11 is 12.2. The first-order valence-corrected chi connectivity index (χ1v) is 9.32. The van der Waals surface area contributed by atoms with Crippen molar-refractivity contribution < 1.29 is 24.6 Å². The Kier molecular flexibility index (Phi) is 5.71. The van der Waals surface area contributed by atoms with Crippen LogP contribution in [0.15, 0.2) is 41.5 Å². The smallest absolute Gasteiger partial charge is 0.329 e. The molecule has 11 heteroatoms. The Morgan fingerprint density at radius 3 is 2.50 bits per heavy atom. The highest BCUT2D eigenvalue weighted by atomic mass is 35.5. The summed E-state index contributed by atoms with van der Waals surface area (Å²) in [4.78, 5) is 35.4. The standard InChI is InChI=1S/C19H16Cl2N4O5/c1-8(19(30)9-4-2-3-5-12(9)23-18(19)29)14(24-25-17(28)16(22)27)13-10(20)6-7-11(21)15(13)26/h2-8,26,30H,1H3,(H2,22,27)(H,23,29)(H,25,28)/b24-14-/t8-,19+/m1/s1. The van der Waals surface area contributed by atoms with Crippen LogP contribution in [0.4, 0.5) is 5.69 Å². The number of rotatable bonds is 4. The Hall–Kier alpha value is -3.14. The maximum atomic E-state index is 12.7. The lowest BCUT2D eigenvalue weighted by atomic mass is 9.78. The first kappa shape index (κ1) is 21.6. The topological polar surface area (TPSA) is 154 Å². The molecular weight excluding hydrogens is 435 g/mol. The third kappa shape index (κ3) is 3.47. The van der Waals surface area contributed by atoms with Crippen LogP contribution in [0.5, 0.6) is 5.75 Å². The van der Waals surface area contributed by atoms with Crippen LogP contribution in [0.25, 0.3) is 0 Å². The van der Waals surface area contributed by atoms with E-state index < -0.39 is 35.0 Å². The van der Waals surface area contributed by atoms with Crippen molar-refractivity contribution in [3.05, 3.63) is 57.6 Å². The highest BCUT2D eigenvalue weighted by Gasteiger charge is 2.51. The van der Waals surface area contributed by atoms with Crippen LogP contribution in [0.3, 0.4) is 0 Å². The average Bonchev–Trinajstić information content (AvgIpc) is 2.98. The van der Waals surface area contributed by atoms with E-state index in [4.69, 9.17) is 28.9 Å². The molecule has 30 heavy (non-hydrogen) atoms. The number of halogens is 2. The molecule has 3 amide bonds. The summed E-state index contributed by atoms with van der Waals surface area (Å²) in [5, 5.41) is 28.2. The van der Waals surface area contributed by atoms with Gasteiger partial charge in [0.1, 0.15) is 5.75 Å². The number of fused-ring (bicyclic) bond motifs is 1. The summed E-state index contributed by atoms with van der Waals surface area (Å²) in [6.45, 7) is 1.44. The fraction of sp³-hybridized carbons (Fsp3) is 0.158. The zero-order chi connectivity index (χ0) is 22.2. The van der Waals surface area contributed by atoms with Crippen LogP contribution in [0, 0.1) is 5.92 Å². The van der Waals surface area contributed by atoms with Gasteiger partial charge in [0.25, 0.3) is 5.91 Å². The Morgan fingerprint density at radius 1 is 1.20 bits per heavy atom. The largest absolute Gasteiger partial charge is 0.506 e. The summed E-state index contributed by atoms with van der Waals surface area (Å²) in [5.41, 5.74) is 5.03. The molecule has 2 aromatic carbocycles. The fourth-order valence-electron chi connectivity index (χ4n) is 3.21. The molecule has 6 N–H and O–H groups in total. The number of anilines is 1. The number of benzene rings is 2. The van der Waals surface area contributed by atoms with E-state index in [2.05, 4.69) is 10.4 Å². The Balaban J connectivity index is 2.20. The molecule has 2 atom stereocenters. The number of hydrogen-bond donors (Lipinski definition) is 5. The average molecular weight is 451 g/mol. The van der Waals surface area contributed by atoms with Gasteiger partial charge >= 0.3 is 11.8 Å². The minimum absolute atomic E-state index is 0.0221. The van der Waals surface area contributed by atoms with E-state index in [9.17, 15) is 24.6 Å². The number of nitrogens with one attached hydrogen (secondary N) is 2. The summed E-state index contributed by atoms with van der Waals surface area (Å²) in [6.07, 6.45) is 0. The predicted octanol–water partition coefficient (Wildman–Crippen LogP) is 1.48. The van der Waals surface area contributed by atoms with Gasteiger partial charge in [0.2, 0.25) is 0 Å². The molecule has 156 valence electrons. The summed E-state index contributed by atoms with van der Waals surface area (Å²) in [5.74, 6) is -4.97. The molecule has 0 aromatic heterocycles. The molecule has 3 rings (SSSR count). The number of nitrogens with two attached hydrogens (primary N) is 1. The number of hydrogen-bond acceptors (Lipinski definition) is 6.